The molecule has 0 spiro atoms. The second-order valence-corrected chi connectivity index (χ2v) is 3.50. The molecule has 1 N–H and O–H groups in total. The highest BCUT2D eigenvalue weighted by Crippen LogP contribution is 2.35. The summed E-state index contributed by atoms with van der Waals surface area (Å²) in [5, 5.41) is 2.12. The van der Waals surface area contributed by atoms with E-state index in [1.165, 1.54) is 12.1 Å². The van der Waals surface area contributed by atoms with Gasteiger partial charge < -0.3 is 5.32 Å². The number of hydrogen-bond donors (Lipinski definition) is 1. The van der Waals surface area contributed by atoms with E-state index >= 15 is 0 Å². The number of alkyl halides is 4. The molecule has 0 bridgehead atoms. The molecule has 88 valence electrons. The minimum atomic E-state index is -4.50. The van der Waals surface area contributed by atoms with Crippen LogP contribution in [0.3, 0.4) is 0 Å². The Morgan fingerprint density at radius 1 is 1.44 bits per heavy atom. The molecule has 16 heavy (non-hydrogen) atoms. The second-order valence-electron chi connectivity index (χ2n) is 3.23. The summed E-state index contributed by atoms with van der Waals surface area (Å²) in [6, 6.07) is 3.52. The molecule has 6 heteroatoms. The van der Waals surface area contributed by atoms with Crippen LogP contribution in [0.1, 0.15) is 11.1 Å². The molecule has 0 saturated carbocycles. The Bertz CT molecular complexity index is 404. The molecule has 1 aromatic rings. The standard InChI is InChI=1S/C10H9ClF3NO/c1-6-2-3-7(10(12,13)14)8(4-6)15-9(16)5-11/h2-4H,5H2,1H3,(H,15,16). The molecule has 0 fully saturated rings. The third-order valence-electron chi connectivity index (χ3n) is 1.88. The fourth-order valence-electron chi connectivity index (χ4n) is 1.19. The van der Waals surface area contributed by atoms with E-state index in [2.05, 4.69) is 5.32 Å². The molecule has 0 heterocycles. The average molecular weight is 252 g/mol. The number of aryl methyl sites for hydroxylation is 1. The molecule has 0 unspecified atom stereocenters. The van der Waals surface area contributed by atoms with Gasteiger partial charge in [0.2, 0.25) is 5.91 Å². The Labute approximate surface area is 95.4 Å². The molecule has 0 aromatic heterocycles. The highest BCUT2D eigenvalue weighted by molar-refractivity contribution is 6.29. The van der Waals surface area contributed by atoms with Crippen molar-refractivity contribution in [3.63, 3.8) is 0 Å². The molecular formula is C10H9ClF3NO. The van der Waals surface area contributed by atoms with Gasteiger partial charge in [-0.15, -0.1) is 11.6 Å². The van der Waals surface area contributed by atoms with Crippen molar-refractivity contribution in [1.82, 2.24) is 0 Å². The first-order valence-electron chi connectivity index (χ1n) is 4.38. The van der Waals surface area contributed by atoms with Gasteiger partial charge >= 0.3 is 6.18 Å². The van der Waals surface area contributed by atoms with E-state index in [4.69, 9.17) is 11.6 Å². The van der Waals surface area contributed by atoms with E-state index in [1.807, 2.05) is 0 Å². The van der Waals surface area contributed by atoms with Crippen molar-refractivity contribution in [3.05, 3.63) is 29.3 Å². The van der Waals surface area contributed by atoms with Crippen LogP contribution in [0.4, 0.5) is 18.9 Å². The Morgan fingerprint density at radius 2 is 2.06 bits per heavy atom. The third kappa shape index (κ3) is 3.13. The number of carbonyl (C=O) groups excluding carboxylic acids is 1. The lowest BCUT2D eigenvalue weighted by atomic mass is 10.1. The lowest BCUT2D eigenvalue weighted by molar-refractivity contribution is -0.137. The van der Waals surface area contributed by atoms with Crippen LogP contribution < -0.4 is 5.32 Å². The van der Waals surface area contributed by atoms with E-state index in [0.29, 0.717) is 5.56 Å². The molecule has 0 aliphatic heterocycles. The van der Waals surface area contributed by atoms with E-state index in [1.54, 1.807) is 6.92 Å². The molecule has 0 radical (unpaired) electrons. The number of hydrogen-bond acceptors (Lipinski definition) is 1. The molecule has 2 nitrogen and oxygen atoms in total. The number of amides is 1. The minimum Gasteiger partial charge on any atom is -0.324 e. The second kappa shape index (κ2) is 4.74. The number of anilines is 1. The zero-order valence-electron chi connectivity index (χ0n) is 8.36. The van der Waals surface area contributed by atoms with E-state index in [-0.39, 0.29) is 11.6 Å². The van der Waals surface area contributed by atoms with Crippen molar-refractivity contribution >= 4 is 23.2 Å². The normalized spacial score (nSPS) is 11.3. The lowest BCUT2D eigenvalue weighted by Crippen LogP contribution is -2.17. The van der Waals surface area contributed by atoms with Crippen molar-refractivity contribution < 1.29 is 18.0 Å². The van der Waals surface area contributed by atoms with Crippen LogP contribution in [0.15, 0.2) is 18.2 Å². The first-order valence-corrected chi connectivity index (χ1v) is 4.91. The number of benzene rings is 1. The zero-order valence-corrected chi connectivity index (χ0v) is 9.12. The van der Waals surface area contributed by atoms with Crippen LogP contribution >= 0.6 is 11.6 Å². The summed E-state index contributed by atoms with van der Waals surface area (Å²) in [5.74, 6) is -1.05. The van der Waals surface area contributed by atoms with Crippen LogP contribution in [-0.2, 0) is 11.0 Å². The first-order chi connectivity index (χ1) is 7.34. The van der Waals surface area contributed by atoms with Crippen LogP contribution in [-0.4, -0.2) is 11.8 Å². The quantitative estimate of drug-likeness (QED) is 0.804. The van der Waals surface area contributed by atoms with Crippen molar-refractivity contribution in [2.45, 2.75) is 13.1 Å². The zero-order chi connectivity index (χ0) is 12.3. The molecule has 0 aliphatic rings. The number of carbonyl (C=O) groups is 1. The van der Waals surface area contributed by atoms with Gasteiger partial charge in [0.1, 0.15) is 5.88 Å². The fourth-order valence-corrected chi connectivity index (χ4v) is 1.26. The van der Waals surface area contributed by atoms with Gasteiger partial charge in [-0.05, 0) is 24.6 Å². The fraction of sp³-hybridized carbons (Fsp3) is 0.300. The van der Waals surface area contributed by atoms with E-state index in [9.17, 15) is 18.0 Å². The number of rotatable bonds is 2. The smallest absolute Gasteiger partial charge is 0.324 e. The van der Waals surface area contributed by atoms with Gasteiger partial charge in [0.05, 0.1) is 11.3 Å². The van der Waals surface area contributed by atoms with Gasteiger partial charge in [0.25, 0.3) is 0 Å². The summed E-state index contributed by atoms with van der Waals surface area (Å²) < 4.78 is 37.7. The van der Waals surface area contributed by atoms with Gasteiger partial charge in [-0.3, -0.25) is 4.79 Å². The molecule has 1 aromatic carbocycles. The largest absolute Gasteiger partial charge is 0.418 e. The summed E-state index contributed by atoms with van der Waals surface area (Å²) in [5.41, 5.74) is -0.521. The molecule has 0 saturated heterocycles. The Kier molecular flexibility index (Phi) is 3.80. The Morgan fingerprint density at radius 3 is 2.56 bits per heavy atom. The maximum absolute atomic E-state index is 12.6. The summed E-state index contributed by atoms with van der Waals surface area (Å²) in [6.45, 7) is 1.64. The van der Waals surface area contributed by atoms with Crippen LogP contribution in [0, 0.1) is 6.92 Å². The summed E-state index contributed by atoms with van der Waals surface area (Å²) >= 11 is 5.21. The van der Waals surface area contributed by atoms with Gasteiger partial charge in [-0.2, -0.15) is 13.2 Å². The highest BCUT2D eigenvalue weighted by atomic mass is 35.5. The summed E-state index contributed by atoms with van der Waals surface area (Å²) in [7, 11) is 0. The predicted octanol–water partition coefficient (Wildman–Crippen LogP) is 3.19. The maximum atomic E-state index is 12.6. The monoisotopic (exact) mass is 251 g/mol. The predicted molar refractivity (Wildman–Crippen MR) is 55.5 cm³/mol. The minimum absolute atomic E-state index is 0.266. The SMILES string of the molecule is Cc1ccc(C(F)(F)F)c(NC(=O)CCl)c1. The highest BCUT2D eigenvalue weighted by Gasteiger charge is 2.33. The number of nitrogens with one attached hydrogen (secondary N) is 1. The van der Waals surface area contributed by atoms with Gasteiger partial charge in [-0.1, -0.05) is 6.07 Å². The lowest BCUT2D eigenvalue weighted by Gasteiger charge is -2.13. The average Bonchev–Trinajstić information content (AvgIpc) is 2.15. The van der Waals surface area contributed by atoms with Gasteiger partial charge in [0.15, 0.2) is 0 Å². The Hall–Kier alpha value is -1.23. The molecule has 1 amide bonds. The topological polar surface area (TPSA) is 29.1 Å². The number of halogens is 4. The van der Waals surface area contributed by atoms with Gasteiger partial charge in [0, 0.05) is 0 Å². The summed E-state index contributed by atoms with van der Waals surface area (Å²) in [6.07, 6.45) is -4.50. The maximum Gasteiger partial charge on any atom is 0.418 e. The third-order valence-corrected chi connectivity index (χ3v) is 2.12. The van der Waals surface area contributed by atoms with Crippen LogP contribution in [0.5, 0.6) is 0 Å². The van der Waals surface area contributed by atoms with E-state index in [0.717, 1.165) is 6.07 Å². The molecular weight excluding hydrogens is 243 g/mol. The van der Waals surface area contributed by atoms with Gasteiger partial charge in [-0.25, -0.2) is 0 Å². The van der Waals surface area contributed by atoms with Crippen molar-refractivity contribution in [2.75, 3.05) is 11.2 Å². The summed E-state index contributed by atoms with van der Waals surface area (Å²) in [4.78, 5) is 11.0. The van der Waals surface area contributed by atoms with Crippen molar-refractivity contribution in [3.8, 4) is 0 Å². The molecule has 0 aliphatic carbocycles. The molecule has 1 rings (SSSR count). The Balaban J connectivity index is 3.13. The van der Waals surface area contributed by atoms with Crippen LogP contribution in [0.25, 0.3) is 0 Å². The van der Waals surface area contributed by atoms with Crippen molar-refractivity contribution in [1.29, 1.82) is 0 Å². The first kappa shape index (κ1) is 12.8. The van der Waals surface area contributed by atoms with Crippen molar-refractivity contribution in [2.24, 2.45) is 0 Å². The van der Waals surface area contributed by atoms with Crippen LogP contribution in [0.2, 0.25) is 0 Å². The van der Waals surface area contributed by atoms with E-state index < -0.39 is 17.6 Å². The molecule has 0 atom stereocenters.